The quantitative estimate of drug-likeness (QED) is 0.714. The lowest BCUT2D eigenvalue weighted by molar-refractivity contribution is 0.103. The van der Waals surface area contributed by atoms with E-state index in [1.165, 1.54) is 11.3 Å². The van der Waals surface area contributed by atoms with Gasteiger partial charge in [0.25, 0.3) is 5.91 Å². The first kappa shape index (κ1) is 16.3. The maximum Gasteiger partial charge on any atom is 0.265 e. The van der Waals surface area contributed by atoms with Gasteiger partial charge in [-0.25, -0.2) is 0 Å². The van der Waals surface area contributed by atoms with Crippen LogP contribution in [-0.2, 0) is 5.88 Å². The van der Waals surface area contributed by atoms with Crippen molar-refractivity contribution in [3.63, 3.8) is 0 Å². The molecule has 6 heteroatoms. The molecule has 0 aliphatic rings. The molecule has 0 unspecified atom stereocenters. The van der Waals surface area contributed by atoms with Crippen LogP contribution in [0.15, 0.2) is 28.1 Å². The molecule has 0 saturated heterocycles. The fourth-order valence-corrected chi connectivity index (χ4v) is 3.46. The van der Waals surface area contributed by atoms with Crippen LogP contribution in [0.5, 0.6) is 5.75 Å². The number of anilines is 1. The van der Waals surface area contributed by atoms with E-state index < -0.39 is 0 Å². The van der Waals surface area contributed by atoms with Gasteiger partial charge in [-0.1, -0.05) is 0 Å². The predicted molar refractivity (Wildman–Crippen MR) is 91.9 cm³/mol. The number of carbonyl (C=O) groups excluding carboxylic acids is 1. The lowest BCUT2D eigenvalue weighted by Gasteiger charge is -2.10. The Morgan fingerprint density at radius 1 is 1.43 bits per heavy atom. The maximum atomic E-state index is 12.2. The Morgan fingerprint density at radius 3 is 2.76 bits per heavy atom. The number of halogens is 2. The van der Waals surface area contributed by atoms with Crippen LogP contribution in [-0.4, -0.2) is 12.5 Å². The molecule has 0 atom stereocenters. The van der Waals surface area contributed by atoms with Crippen LogP contribution in [0.3, 0.4) is 0 Å². The van der Waals surface area contributed by atoms with E-state index in [-0.39, 0.29) is 5.91 Å². The highest BCUT2D eigenvalue weighted by atomic mass is 79.9. The number of amides is 1. The summed E-state index contributed by atoms with van der Waals surface area (Å²) in [5.74, 6) is 0.960. The van der Waals surface area contributed by atoms with E-state index in [0.717, 1.165) is 20.7 Å². The van der Waals surface area contributed by atoms with Crippen molar-refractivity contribution in [2.24, 2.45) is 0 Å². The largest absolute Gasteiger partial charge is 0.494 e. The van der Waals surface area contributed by atoms with Gasteiger partial charge in [0.2, 0.25) is 0 Å². The highest BCUT2D eigenvalue weighted by Crippen LogP contribution is 2.29. The van der Waals surface area contributed by atoms with Crippen LogP contribution in [0.2, 0.25) is 0 Å². The number of hydrogen-bond acceptors (Lipinski definition) is 3. The number of nitrogens with one attached hydrogen (secondary N) is 1. The summed E-state index contributed by atoms with van der Waals surface area (Å²) in [7, 11) is 0. The molecule has 2 aromatic rings. The zero-order valence-electron chi connectivity index (χ0n) is 11.7. The minimum Gasteiger partial charge on any atom is -0.494 e. The summed E-state index contributed by atoms with van der Waals surface area (Å²) in [5.41, 5.74) is 2.62. The monoisotopic (exact) mass is 387 g/mol. The molecule has 112 valence electrons. The fraction of sp³-hybridized carbons (Fsp3) is 0.267. The van der Waals surface area contributed by atoms with E-state index in [2.05, 4.69) is 21.2 Å². The van der Waals surface area contributed by atoms with Crippen molar-refractivity contribution in [3.8, 4) is 5.75 Å². The van der Waals surface area contributed by atoms with E-state index in [4.69, 9.17) is 16.3 Å². The van der Waals surface area contributed by atoms with E-state index >= 15 is 0 Å². The first-order valence-electron chi connectivity index (χ1n) is 6.44. The maximum absolute atomic E-state index is 12.2. The summed E-state index contributed by atoms with van der Waals surface area (Å²) in [4.78, 5) is 12.9. The number of aryl methyl sites for hydroxylation is 1. The molecule has 1 heterocycles. The van der Waals surface area contributed by atoms with Crippen molar-refractivity contribution in [1.82, 2.24) is 0 Å². The highest BCUT2D eigenvalue weighted by Gasteiger charge is 2.12. The minimum absolute atomic E-state index is 0.126. The molecule has 21 heavy (non-hydrogen) atoms. The Morgan fingerprint density at radius 2 is 2.19 bits per heavy atom. The Kier molecular flexibility index (Phi) is 5.67. The predicted octanol–water partition coefficient (Wildman–Crippen LogP) is 5.21. The second-order valence-corrected chi connectivity index (χ2v) is 7.05. The van der Waals surface area contributed by atoms with Crippen LogP contribution in [0, 0.1) is 6.92 Å². The Balaban J connectivity index is 2.17. The van der Waals surface area contributed by atoms with Gasteiger partial charge in [-0.05, 0) is 59.6 Å². The van der Waals surface area contributed by atoms with Gasteiger partial charge < -0.3 is 10.1 Å². The molecular weight excluding hydrogens is 374 g/mol. The number of benzene rings is 1. The standard InChI is InChI=1S/C15H15BrClNO2S/c1-3-20-12-5-4-11(7-10(12)8-17)18-15(19)13-6-9(2)14(16)21-13/h4-7H,3,8H2,1-2H3,(H,18,19). The summed E-state index contributed by atoms with van der Waals surface area (Å²) in [5, 5.41) is 2.88. The molecule has 0 bridgehead atoms. The van der Waals surface area contributed by atoms with Gasteiger partial charge in [0.15, 0.2) is 0 Å². The van der Waals surface area contributed by atoms with Crippen LogP contribution < -0.4 is 10.1 Å². The highest BCUT2D eigenvalue weighted by molar-refractivity contribution is 9.11. The van der Waals surface area contributed by atoms with Crippen molar-refractivity contribution in [3.05, 3.63) is 44.1 Å². The molecule has 1 aromatic carbocycles. The third-order valence-corrected chi connectivity index (χ3v) is 5.27. The summed E-state index contributed by atoms with van der Waals surface area (Å²) < 4.78 is 6.46. The van der Waals surface area contributed by atoms with Gasteiger partial charge in [-0.15, -0.1) is 22.9 Å². The summed E-state index contributed by atoms with van der Waals surface area (Å²) in [6.45, 7) is 4.46. The zero-order valence-corrected chi connectivity index (χ0v) is 14.9. The smallest absolute Gasteiger partial charge is 0.265 e. The molecule has 0 aliphatic heterocycles. The Labute approximate surface area is 141 Å². The molecule has 1 N–H and O–H groups in total. The average Bonchev–Trinajstić information content (AvgIpc) is 2.80. The fourth-order valence-electron chi connectivity index (χ4n) is 1.82. The number of ether oxygens (including phenoxy) is 1. The molecule has 0 saturated carbocycles. The van der Waals surface area contributed by atoms with Crippen LogP contribution in [0.25, 0.3) is 0 Å². The summed E-state index contributed by atoms with van der Waals surface area (Å²) in [6.07, 6.45) is 0. The van der Waals surface area contributed by atoms with Crippen molar-refractivity contribution < 1.29 is 9.53 Å². The number of carbonyl (C=O) groups is 1. The molecular formula is C15H15BrClNO2S. The Hall–Kier alpha value is -1.04. The van der Waals surface area contributed by atoms with E-state index in [9.17, 15) is 4.79 Å². The minimum atomic E-state index is -0.126. The number of alkyl halides is 1. The topological polar surface area (TPSA) is 38.3 Å². The third kappa shape index (κ3) is 3.99. The second kappa shape index (κ2) is 7.29. The molecule has 2 rings (SSSR count). The van der Waals surface area contributed by atoms with Gasteiger partial charge >= 0.3 is 0 Å². The lowest BCUT2D eigenvalue weighted by Crippen LogP contribution is -2.10. The summed E-state index contributed by atoms with van der Waals surface area (Å²) in [6, 6.07) is 7.34. The van der Waals surface area contributed by atoms with Crippen molar-refractivity contribution in [2.45, 2.75) is 19.7 Å². The van der Waals surface area contributed by atoms with Crippen LogP contribution >= 0.6 is 38.9 Å². The van der Waals surface area contributed by atoms with Gasteiger partial charge in [0, 0.05) is 11.3 Å². The SMILES string of the molecule is CCOc1ccc(NC(=O)c2cc(C)c(Br)s2)cc1CCl. The van der Waals surface area contributed by atoms with Crippen LogP contribution in [0.4, 0.5) is 5.69 Å². The molecule has 0 aliphatic carbocycles. The van der Waals surface area contributed by atoms with Crippen molar-refractivity contribution in [1.29, 1.82) is 0 Å². The molecule has 3 nitrogen and oxygen atoms in total. The molecule has 0 radical (unpaired) electrons. The van der Waals surface area contributed by atoms with Gasteiger partial charge in [0.1, 0.15) is 5.75 Å². The van der Waals surface area contributed by atoms with Gasteiger partial charge in [0.05, 0.1) is 21.2 Å². The first-order chi connectivity index (χ1) is 10.0. The number of hydrogen-bond donors (Lipinski definition) is 1. The average molecular weight is 389 g/mol. The zero-order chi connectivity index (χ0) is 15.4. The molecule has 0 spiro atoms. The third-order valence-electron chi connectivity index (χ3n) is 2.84. The number of rotatable bonds is 5. The second-order valence-electron chi connectivity index (χ2n) is 4.41. The van der Waals surface area contributed by atoms with Crippen LogP contribution in [0.1, 0.15) is 27.7 Å². The lowest BCUT2D eigenvalue weighted by atomic mass is 10.2. The molecule has 1 aromatic heterocycles. The van der Waals surface area contributed by atoms with Gasteiger partial charge in [-0.2, -0.15) is 0 Å². The molecule has 1 amide bonds. The first-order valence-corrected chi connectivity index (χ1v) is 8.58. The number of thiophene rings is 1. The normalized spacial score (nSPS) is 10.5. The van der Waals surface area contributed by atoms with Crippen molar-refractivity contribution in [2.75, 3.05) is 11.9 Å². The van der Waals surface area contributed by atoms with Gasteiger partial charge in [-0.3, -0.25) is 4.79 Å². The summed E-state index contributed by atoms with van der Waals surface area (Å²) >= 11 is 10.8. The van der Waals surface area contributed by atoms with E-state index in [1.807, 2.05) is 38.1 Å². The van der Waals surface area contributed by atoms with E-state index in [0.29, 0.717) is 23.1 Å². The van der Waals surface area contributed by atoms with E-state index in [1.54, 1.807) is 0 Å². The van der Waals surface area contributed by atoms with Crippen molar-refractivity contribution >= 4 is 50.5 Å². The Bertz CT molecular complexity index is 638. The molecule has 0 fully saturated rings.